The van der Waals surface area contributed by atoms with E-state index in [2.05, 4.69) is 5.32 Å². The minimum Gasteiger partial charge on any atom is -0.497 e. The van der Waals surface area contributed by atoms with Crippen molar-refractivity contribution in [2.45, 2.75) is 13.0 Å². The minimum atomic E-state index is -0.849. The van der Waals surface area contributed by atoms with E-state index in [1.54, 1.807) is 24.1 Å². The predicted molar refractivity (Wildman–Crippen MR) is 91.5 cm³/mol. The number of rotatable bonds is 5. The molecule has 2 aromatic rings. The van der Waals surface area contributed by atoms with Crippen molar-refractivity contribution in [2.75, 3.05) is 19.0 Å². The number of nitrogens with one attached hydrogen (secondary N) is 1. The Labute approximate surface area is 149 Å². The molecule has 3 rings (SSSR count). The molecule has 0 spiro atoms. The standard InChI is InChI=1S/C19H18F2N2O3/c1-26-15-5-2-12(3-6-15)10-23-11-13(8-18(23)24)19(25)22-17-7-4-14(20)9-16(17)21/h2-7,9,13H,8,10-11H2,1H3,(H,22,25). The van der Waals surface area contributed by atoms with Crippen LogP contribution in [0.3, 0.4) is 0 Å². The molecule has 1 N–H and O–H groups in total. The van der Waals surface area contributed by atoms with Crippen molar-refractivity contribution in [3.05, 3.63) is 59.7 Å². The van der Waals surface area contributed by atoms with Gasteiger partial charge in [-0.25, -0.2) is 8.78 Å². The first-order valence-electron chi connectivity index (χ1n) is 8.13. The molecule has 1 saturated heterocycles. The van der Waals surface area contributed by atoms with Gasteiger partial charge in [0.1, 0.15) is 17.4 Å². The summed E-state index contributed by atoms with van der Waals surface area (Å²) in [5, 5.41) is 2.42. The van der Waals surface area contributed by atoms with E-state index in [9.17, 15) is 18.4 Å². The van der Waals surface area contributed by atoms with E-state index in [1.807, 2.05) is 12.1 Å². The van der Waals surface area contributed by atoms with Crippen molar-refractivity contribution in [1.29, 1.82) is 0 Å². The molecule has 136 valence electrons. The molecule has 0 radical (unpaired) electrons. The van der Waals surface area contributed by atoms with E-state index in [4.69, 9.17) is 4.74 Å². The Kier molecular flexibility index (Phi) is 5.16. The fourth-order valence-corrected chi connectivity index (χ4v) is 2.88. The summed E-state index contributed by atoms with van der Waals surface area (Å²) in [7, 11) is 1.58. The summed E-state index contributed by atoms with van der Waals surface area (Å²) in [6, 6.07) is 10.2. The lowest BCUT2D eigenvalue weighted by Gasteiger charge is -2.17. The van der Waals surface area contributed by atoms with Crippen LogP contribution >= 0.6 is 0 Å². The largest absolute Gasteiger partial charge is 0.497 e. The smallest absolute Gasteiger partial charge is 0.229 e. The number of anilines is 1. The Morgan fingerprint density at radius 1 is 1.23 bits per heavy atom. The zero-order chi connectivity index (χ0) is 18.7. The molecule has 1 atom stereocenters. The van der Waals surface area contributed by atoms with Gasteiger partial charge in [-0.3, -0.25) is 9.59 Å². The summed E-state index contributed by atoms with van der Waals surface area (Å²) in [5.74, 6) is -2.02. The highest BCUT2D eigenvalue weighted by atomic mass is 19.1. The molecule has 2 amide bonds. The molecule has 26 heavy (non-hydrogen) atoms. The maximum absolute atomic E-state index is 13.7. The van der Waals surface area contributed by atoms with Crippen molar-refractivity contribution in [3.63, 3.8) is 0 Å². The molecule has 1 aliphatic rings. The van der Waals surface area contributed by atoms with Crippen LogP contribution < -0.4 is 10.1 Å². The van der Waals surface area contributed by atoms with Crippen molar-refractivity contribution in [2.24, 2.45) is 5.92 Å². The monoisotopic (exact) mass is 360 g/mol. The highest BCUT2D eigenvalue weighted by molar-refractivity contribution is 5.97. The molecule has 1 unspecified atom stereocenters. The summed E-state index contributed by atoms with van der Waals surface area (Å²) >= 11 is 0. The molecule has 0 aromatic heterocycles. The number of carbonyl (C=O) groups excluding carboxylic acids is 2. The second-order valence-electron chi connectivity index (χ2n) is 6.14. The van der Waals surface area contributed by atoms with E-state index < -0.39 is 23.5 Å². The fourth-order valence-electron chi connectivity index (χ4n) is 2.88. The van der Waals surface area contributed by atoms with Gasteiger partial charge in [0.15, 0.2) is 0 Å². The van der Waals surface area contributed by atoms with Crippen LogP contribution in [0.25, 0.3) is 0 Å². The summed E-state index contributed by atoms with van der Waals surface area (Å²) in [6.45, 7) is 0.636. The van der Waals surface area contributed by atoms with Gasteiger partial charge in [0, 0.05) is 25.6 Å². The Bertz CT molecular complexity index is 824. The normalized spacial score (nSPS) is 16.7. The maximum atomic E-state index is 13.7. The van der Waals surface area contributed by atoms with Gasteiger partial charge in [-0.2, -0.15) is 0 Å². The maximum Gasteiger partial charge on any atom is 0.229 e. The first kappa shape index (κ1) is 17.8. The zero-order valence-electron chi connectivity index (χ0n) is 14.2. The summed E-state index contributed by atoms with van der Waals surface area (Å²) in [5.41, 5.74) is 0.822. The molecule has 0 saturated carbocycles. The molecular formula is C19H18F2N2O3. The van der Waals surface area contributed by atoms with Gasteiger partial charge in [-0.1, -0.05) is 12.1 Å². The highest BCUT2D eigenvalue weighted by Crippen LogP contribution is 2.23. The fraction of sp³-hybridized carbons (Fsp3) is 0.263. The molecule has 5 nitrogen and oxygen atoms in total. The number of methoxy groups -OCH3 is 1. The average Bonchev–Trinajstić information content (AvgIpc) is 2.99. The van der Waals surface area contributed by atoms with Gasteiger partial charge in [0.05, 0.1) is 18.7 Å². The van der Waals surface area contributed by atoms with Crippen molar-refractivity contribution in [1.82, 2.24) is 4.90 Å². The molecule has 1 heterocycles. The number of hydrogen-bond acceptors (Lipinski definition) is 3. The van der Waals surface area contributed by atoms with Crippen molar-refractivity contribution < 1.29 is 23.1 Å². The predicted octanol–water partition coefficient (Wildman–Crippen LogP) is 2.96. The summed E-state index contributed by atoms with van der Waals surface area (Å²) in [6.07, 6.45) is 0.0603. The lowest BCUT2D eigenvalue weighted by atomic mass is 10.1. The summed E-state index contributed by atoms with van der Waals surface area (Å²) < 4.78 is 31.7. The Hall–Kier alpha value is -2.96. The quantitative estimate of drug-likeness (QED) is 0.892. The number of likely N-dealkylation sites (tertiary alicyclic amines) is 1. The van der Waals surface area contributed by atoms with E-state index in [0.717, 1.165) is 23.4 Å². The number of halogens is 2. The van der Waals surface area contributed by atoms with Gasteiger partial charge in [0.25, 0.3) is 0 Å². The Morgan fingerprint density at radius 3 is 2.62 bits per heavy atom. The molecule has 7 heteroatoms. The number of hydrogen-bond donors (Lipinski definition) is 1. The topological polar surface area (TPSA) is 58.6 Å². The molecule has 0 aliphatic carbocycles. The van der Waals surface area contributed by atoms with E-state index in [1.165, 1.54) is 0 Å². The molecule has 1 fully saturated rings. The van der Waals surface area contributed by atoms with E-state index in [-0.39, 0.29) is 24.6 Å². The van der Waals surface area contributed by atoms with Gasteiger partial charge in [-0.15, -0.1) is 0 Å². The third-order valence-electron chi connectivity index (χ3n) is 4.31. The van der Waals surface area contributed by atoms with Crippen LogP contribution in [0.2, 0.25) is 0 Å². The second kappa shape index (κ2) is 7.51. The van der Waals surface area contributed by atoms with E-state index >= 15 is 0 Å². The van der Waals surface area contributed by atoms with Gasteiger partial charge in [0.2, 0.25) is 11.8 Å². The van der Waals surface area contributed by atoms with Crippen LogP contribution in [0.15, 0.2) is 42.5 Å². The number of ether oxygens (including phenoxy) is 1. The lowest BCUT2D eigenvalue weighted by Crippen LogP contribution is -2.28. The minimum absolute atomic E-state index is 0.0603. The van der Waals surface area contributed by atoms with Crippen LogP contribution in [0.5, 0.6) is 5.75 Å². The van der Waals surface area contributed by atoms with Crippen molar-refractivity contribution in [3.8, 4) is 5.75 Å². The third kappa shape index (κ3) is 3.99. The molecule has 1 aliphatic heterocycles. The SMILES string of the molecule is COc1ccc(CN2CC(C(=O)Nc3ccc(F)cc3F)CC2=O)cc1. The lowest BCUT2D eigenvalue weighted by molar-refractivity contribution is -0.128. The third-order valence-corrected chi connectivity index (χ3v) is 4.31. The molecular weight excluding hydrogens is 342 g/mol. The van der Waals surface area contributed by atoms with Gasteiger partial charge < -0.3 is 15.0 Å². The van der Waals surface area contributed by atoms with Crippen LogP contribution in [-0.2, 0) is 16.1 Å². The first-order valence-corrected chi connectivity index (χ1v) is 8.13. The Balaban J connectivity index is 1.61. The van der Waals surface area contributed by atoms with Crippen LogP contribution in [-0.4, -0.2) is 30.4 Å². The van der Waals surface area contributed by atoms with Gasteiger partial charge in [-0.05, 0) is 29.8 Å². The molecule has 0 bridgehead atoms. The molecule has 2 aromatic carbocycles. The van der Waals surface area contributed by atoms with Crippen LogP contribution in [0.4, 0.5) is 14.5 Å². The van der Waals surface area contributed by atoms with Crippen LogP contribution in [0, 0.1) is 17.6 Å². The number of benzene rings is 2. The number of nitrogens with zero attached hydrogens (tertiary/aromatic N) is 1. The number of carbonyl (C=O) groups is 2. The zero-order valence-corrected chi connectivity index (χ0v) is 14.2. The highest BCUT2D eigenvalue weighted by Gasteiger charge is 2.34. The second-order valence-corrected chi connectivity index (χ2v) is 6.14. The van der Waals surface area contributed by atoms with E-state index in [0.29, 0.717) is 12.6 Å². The van der Waals surface area contributed by atoms with Crippen LogP contribution in [0.1, 0.15) is 12.0 Å². The Morgan fingerprint density at radius 2 is 1.96 bits per heavy atom. The van der Waals surface area contributed by atoms with Crippen molar-refractivity contribution >= 4 is 17.5 Å². The summed E-state index contributed by atoms with van der Waals surface area (Å²) in [4.78, 5) is 26.1. The average molecular weight is 360 g/mol. The number of amides is 2. The van der Waals surface area contributed by atoms with Gasteiger partial charge >= 0.3 is 0 Å². The first-order chi connectivity index (χ1) is 12.5.